The molecule has 14 heteroatoms. The molecule has 2 fully saturated rings. The molecule has 200 valence electrons. The number of amides is 1. The highest BCUT2D eigenvalue weighted by molar-refractivity contribution is 8.00. The quantitative estimate of drug-likeness (QED) is 0.308. The average molecular weight is 543 g/mol. The number of aliphatic hydroxyl groups excluding tert-OH is 1. The zero-order valence-corrected chi connectivity index (χ0v) is 20.7. The van der Waals surface area contributed by atoms with E-state index in [1.807, 2.05) is 11.9 Å². The maximum absolute atomic E-state index is 14.6. The SMILES string of the molecule is CN1CC[C@@H](Nc2cccn3c(SC(F)(F)F)c(-c4noc(CNC(=O)C5CC(O)C5)n4)cc23)[C@@H](F)C1. The van der Waals surface area contributed by atoms with Gasteiger partial charge in [-0.25, -0.2) is 4.39 Å². The van der Waals surface area contributed by atoms with Crippen LogP contribution >= 0.6 is 11.8 Å². The Bertz CT molecular complexity index is 1280. The van der Waals surface area contributed by atoms with E-state index in [-0.39, 0.29) is 59.0 Å². The fraction of sp³-hybridized carbons (Fsp3) is 0.522. The van der Waals surface area contributed by atoms with E-state index >= 15 is 0 Å². The summed E-state index contributed by atoms with van der Waals surface area (Å²) in [5.74, 6) is -0.578. The lowest BCUT2D eigenvalue weighted by atomic mass is 9.82. The minimum absolute atomic E-state index is 0.0337. The maximum atomic E-state index is 14.6. The van der Waals surface area contributed by atoms with Crippen LogP contribution in [0, 0.1) is 5.92 Å². The Balaban J connectivity index is 1.42. The molecule has 1 saturated carbocycles. The molecule has 5 rings (SSSR count). The van der Waals surface area contributed by atoms with E-state index in [0.717, 1.165) is 0 Å². The van der Waals surface area contributed by atoms with Crippen molar-refractivity contribution in [1.82, 2.24) is 24.8 Å². The summed E-state index contributed by atoms with van der Waals surface area (Å²) in [5.41, 5.74) is -3.58. The van der Waals surface area contributed by atoms with Gasteiger partial charge >= 0.3 is 5.51 Å². The molecule has 0 unspecified atom stereocenters. The molecule has 3 N–H and O–H groups in total. The summed E-state index contributed by atoms with van der Waals surface area (Å²) in [5, 5.41) is 18.9. The molecular weight excluding hydrogens is 516 g/mol. The van der Waals surface area contributed by atoms with Crippen molar-refractivity contribution in [3.05, 3.63) is 30.3 Å². The predicted molar refractivity (Wildman–Crippen MR) is 128 cm³/mol. The van der Waals surface area contributed by atoms with Crippen molar-refractivity contribution in [3.63, 3.8) is 0 Å². The van der Waals surface area contributed by atoms with E-state index in [2.05, 4.69) is 20.8 Å². The Labute approximate surface area is 213 Å². The van der Waals surface area contributed by atoms with E-state index in [1.165, 1.54) is 16.7 Å². The van der Waals surface area contributed by atoms with E-state index in [1.54, 1.807) is 12.1 Å². The Hall–Kier alpha value is -2.84. The van der Waals surface area contributed by atoms with E-state index in [9.17, 15) is 27.5 Å². The maximum Gasteiger partial charge on any atom is 0.447 e. The summed E-state index contributed by atoms with van der Waals surface area (Å²) in [6.45, 7) is 0.881. The van der Waals surface area contributed by atoms with Crippen molar-refractivity contribution in [1.29, 1.82) is 0 Å². The van der Waals surface area contributed by atoms with Crippen molar-refractivity contribution in [2.75, 3.05) is 25.5 Å². The van der Waals surface area contributed by atoms with Gasteiger partial charge in [-0.2, -0.15) is 18.2 Å². The first-order valence-corrected chi connectivity index (χ1v) is 12.7. The molecule has 2 atom stereocenters. The molecule has 0 spiro atoms. The second-order valence-corrected chi connectivity index (χ2v) is 10.5. The molecule has 9 nitrogen and oxygen atoms in total. The molecule has 3 aromatic rings. The van der Waals surface area contributed by atoms with Crippen LogP contribution in [0.1, 0.15) is 25.2 Å². The largest absolute Gasteiger partial charge is 0.447 e. The summed E-state index contributed by atoms with van der Waals surface area (Å²) in [7, 11) is 1.84. The lowest BCUT2D eigenvalue weighted by Crippen LogP contribution is -2.46. The Morgan fingerprint density at radius 1 is 1.35 bits per heavy atom. The Morgan fingerprint density at radius 2 is 2.14 bits per heavy atom. The highest BCUT2D eigenvalue weighted by Crippen LogP contribution is 2.44. The van der Waals surface area contributed by atoms with Gasteiger partial charge in [0.15, 0.2) is 0 Å². The lowest BCUT2D eigenvalue weighted by Gasteiger charge is -2.33. The fourth-order valence-corrected chi connectivity index (χ4v) is 5.37. The Morgan fingerprint density at radius 3 is 2.84 bits per heavy atom. The van der Waals surface area contributed by atoms with Gasteiger partial charge in [0.2, 0.25) is 17.6 Å². The van der Waals surface area contributed by atoms with Gasteiger partial charge in [-0.15, -0.1) is 0 Å². The third kappa shape index (κ3) is 5.70. The molecule has 1 aliphatic heterocycles. The summed E-state index contributed by atoms with van der Waals surface area (Å²) in [6, 6.07) is 4.33. The molecule has 0 bridgehead atoms. The minimum Gasteiger partial charge on any atom is -0.393 e. The number of hydrogen-bond donors (Lipinski definition) is 3. The highest BCUT2D eigenvalue weighted by atomic mass is 32.2. The second kappa shape index (κ2) is 10.1. The van der Waals surface area contributed by atoms with Gasteiger partial charge in [-0.3, -0.25) is 4.79 Å². The molecule has 37 heavy (non-hydrogen) atoms. The minimum atomic E-state index is -4.58. The summed E-state index contributed by atoms with van der Waals surface area (Å²) in [6.07, 6.45) is 1.20. The number of piperidine rings is 1. The van der Waals surface area contributed by atoms with Crippen LogP contribution in [0.2, 0.25) is 0 Å². The molecule has 3 aromatic heterocycles. The number of nitrogens with one attached hydrogen (secondary N) is 2. The number of pyridine rings is 1. The van der Waals surface area contributed by atoms with Crippen molar-refractivity contribution in [2.24, 2.45) is 5.92 Å². The van der Waals surface area contributed by atoms with Gasteiger partial charge in [-0.1, -0.05) is 5.16 Å². The number of aromatic nitrogens is 3. The first-order valence-electron chi connectivity index (χ1n) is 11.8. The van der Waals surface area contributed by atoms with E-state index in [0.29, 0.717) is 37.0 Å². The number of rotatable bonds is 7. The highest BCUT2D eigenvalue weighted by Gasteiger charge is 2.35. The first kappa shape index (κ1) is 25.8. The van der Waals surface area contributed by atoms with Gasteiger partial charge in [-0.05, 0) is 44.5 Å². The van der Waals surface area contributed by atoms with Gasteiger partial charge in [0.05, 0.1) is 40.5 Å². The van der Waals surface area contributed by atoms with Crippen LogP contribution in [-0.4, -0.2) is 74.4 Å². The topological polar surface area (TPSA) is 108 Å². The molecule has 1 amide bonds. The van der Waals surface area contributed by atoms with Crippen LogP contribution in [0.4, 0.5) is 23.2 Å². The number of carbonyl (C=O) groups excluding carboxylic acids is 1. The molecule has 0 aromatic carbocycles. The van der Waals surface area contributed by atoms with Gasteiger partial charge in [0, 0.05) is 37.0 Å². The Kier molecular flexibility index (Phi) is 7.07. The zero-order chi connectivity index (χ0) is 26.3. The van der Waals surface area contributed by atoms with Crippen LogP contribution < -0.4 is 10.6 Å². The molecule has 2 aliphatic rings. The summed E-state index contributed by atoms with van der Waals surface area (Å²) in [4.78, 5) is 18.2. The second-order valence-electron chi connectivity index (χ2n) is 9.46. The number of aliphatic hydroxyl groups is 1. The molecule has 1 saturated heterocycles. The zero-order valence-electron chi connectivity index (χ0n) is 19.8. The standard InChI is InChI=1S/C23H26F4N6O3S/c1-32-6-4-16(15(24)11-32)29-17-3-2-5-33-18(17)9-14(22(33)37-23(25,26)27)20-30-19(36-31-20)10-28-21(35)12-7-13(34)8-12/h2-3,5,9,12-13,15-16,29,34H,4,6-8,10-11H2,1H3,(H,28,35)/t12?,13?,15-,16+/m0/s1. The first-order chi connectivity index (χ1) is 17.6. The van der Waals surface area contributed by atoms with Crippen LogP contribution in [-0.2, 0) is 11.3 Å². The molecule has 0 radical (unpaired) electrons. The number of hydrogen-bond acceptors (Lipinski definition) is 8. The van der Waals surface area contributed by atoms with Crippen molar-refractivity contribution in [3.8, 4) is 11.4 Å². The van der Waals surface area contributed by atoms with Gasteiger partial charge in [0.1, 0.15) is 6.17 Å². The fourth-order valence-electron chi connectivity index (χ4n) is 4.63. The number of thioether (sulfide) groups is 1. The van der Waals surface area contributed by atoms with Crippen LogP contribution in [0.3, 0.4) is 0 Å². The molecular formula is C23H26F4N6O3S. The smallest absolute Gasteiger partial charge is 0.393 e. The number of carbonyl (C=O) groups is 1. The van der Waals surface area contributed by atoms with Crippen LogP contribution in [0.5, 0.6) is 0 Å². The van der Waals surface area contributed by atoms with Crippen LogP contribution in [0.15, 0.2) is 33.9 Å². The normalized spacial score (nSPS) is 24.7. The van der Waals surface area contributed by atoms with Crippen molar-refractivity contribution in [2.45, 2.75) is 54.7 Å². The number of halogens is 4. The third-order valence-electron chi connectivity index (χ3n) is 6.67. The van der Waals surface area contributed by atoms with E-state index in [4.69, 9.17) is 4.52 Å². The summed E-state index contributed by atoms with van der Waals surface area (Å²) >= 11 is -0.304. The van der Waals surface area contributed by atoms with E-state index < -0.39 is 23.8 Å². The van der Waals surface area contributed by atoms with Crippen molar-refractivity contribution < 1.29 is 32.0 Å². The molecule has 1 aliphatic carbocycles. The predicted octanol–water partition coefficient (Wildman–Crippen LogP) is 3.44. The average Bonchev–Trinajstić information content (AvgIpc) is 3.41. The number of fused-ring (bicyclic) bond motifs is 1. The van der Waals surface area contributed by atoms with Crippen LogP contribution in [0.25, 0.3) is 16.9 Å². The lowest BCUT2D eigenvalue weighted by molar-refractivity contribution is -0.131. The number of alkyl halides is 4. The van der Waals surface area contributed by atoms with Gasteiger partial charge in [0.25, 0.3) is 0 Å². The van der Waals surface area contributed by atoms with Gasteiger partial charge < -0.3 is 29.6 Å². The third-order valence-corrected chi connectivity index (χ3v) is 7.51. The molecule has 4 heterocycles. The number of likely N-dealkylation sites (tertiary alicyclic amines) is 1. The number of nitrogens with zero attached hydrogens (tertiary/aromatic N) is 4. The van der Waals surface area contributed by atoms with Crippen molar-refractivity contribution >= 4 is 28.9 Å². The monoisotopic (exact) mass is 542 g/mol. The number of anilines is 1. The summed E-state index contributed by atoms with van der Waals surface area (Å²) < 4.78 is 61.7.